The fourth-order valence-corrected chi connectivity index (χ4v) is 5.12. The van der Waals surface area contributed by atoms with Gasteiger partial charge in [-0.05, 0) is 65.9 Å². The Morgan fingerprint density at radius 2 is 1.43 bits per heavy atom. The van der Waals surface area contributed by atoms with Crippen LogP contribution in [0.3, 0.4) is 0 Å². The van der Waals surface area contributed by atoms with E-state index in [0.717, 1.165) is 34.0 Å². The van der Waals surface area contributed by atoms with Crippen molar-refractivity contribution in [1.82, 2.24) is 0 Å². The Labute approximate surface area is 206 Å². The van der Waals surface area contributed by atoms with Crippen LogP contribution >= 0.6 is 0 Å². The summed E-state index contributed by atoms with van der Waals surface area (Å²) in [4.78, 5) is 28.8. The van der Waals surface area contributed by atoms with Gasteiger partial charge in [0.05, 0.1) is 7.11 Å². The van der Waals surface area contributed by atoms with E-state index in [4.69, 9.17) is 9.47 Å². The van der Waals surface area contributed by atoms with Gasteiger partial charge in [-0.1, -0.05) is 44.2 Å². The van der Waals surface area contributed by atoms with Crippen molar-refractivity contribution >= 4 is 17.4 Å². The number of amides is 1. The lowest BCUT2D eigenvalue weighted by Gasteiger charge is -2.43. The van der Waals surface area contributed by atoms with Crippen molar-refractivity contribution in [2.75, 3.05) is 12.0 Å². The molecule has 0 fully saturated rings. The maximum absolute atomic E-state index is 13.6. The van der Waals surface area contributed by atoms with E-state index < -0.39 is 0 Å². The fraction of sp³-hybridized carbons (Fsp3) is 0.267. The minimum absolute atomic E-state index is 0.00760. The summed E-state index contributed by atoms with van der Waals surface area (Å²) in [5.74, 6) is 2.06. The molecule has 1 atom stereocenters. The zero-order valence-corrected chi connectivity index (χ0v) is 20.3. The standard InChI is InChI=1S/C30H29NO4/c1-30(2)18-26-29(27(32)19-30)25(20-9-13-22(34-3)14-10-20)17-28(33)31(26)21-11-15-24(16-12-21)35-23-7-5-4-6-8-23/h4-16,25H,17-19H2,1-3H3. The van der Waals surface area contributed by atoms with Gasteiger partial charge in [-0.25, -0.2) is 0 Å². The Morgan fingerprint density at radius 1 is 0.800 bits per heavy atom. The number of ether oxygens (including phenoxy) is 2. The molecule has 0 saturated heterocycles. The van der Waals surface area contributed by atoms with E-state index in [0.29, 0.717) is 18.6 Å². The topological polar surface area (TPSA) is 55.8 Å². The zero-order chi connectivity index (χ0) is 24.6. The first-order valence-electron chi connectivity index (χ1n) is 11.9. The quantitative estimate of drug-likeness (QED) is 0.421. The van der Waals surface area contributed by atoms with Gasteiger partial charge in [0.2, 0.25) is 5.91 Å². The molecular weight excluding hydrogens is 438 g/mol. The Morgan fingerprint density at radius 3 is 2.09 bits per heavy atom. The lowest BCUT2D eigenvalue weighted by molar-refractivity contribution is -0.121. The molecule has 1 aliphatic heterocycles. The average molecular weight is 468 g/mol. The van der Waals surface area contributed by atoms with E-state index >= 15 is 0 Å². The van der Waals surface area contributed by atoms with Gasteiger partial charge in [0.1, 0.15) is 17.2 Å². The molecule has 0 bridgehead atoms. The summed E-state index contributed by atoms with van der Waals surface area (Å²) in [6.45, 7) is 4.18. The predicted octanol–water partition coefficient (Wildman–Crippen LogP) is 6.65. The Bertz CT molecular complexity index is 1270. The number of methoxy groups -OCH3 is 1. The molecule has 0 saturated carbocycles. The molecule has 0 spiro atoms. The lowest BCUT2D eigenvalue weighted by Crippen LogP contribution is -2.43. The highest BCUT2D eigenvalue weighted by Gasteiger charge is 2.44. The van der Waals surface area contributed by atoms with Crippen LogP contribution in [0.1, 0.15) is 44.6 Å². The van der Waals surface area contributed by atoms with Gasteiger partial charge in [-0.15, -0.1) is 0 Å². The second-order valence-corrected chi connectivity index (χ2v) is 9.97. The first kappa shape index (κ1) is 22.9. The maximum Gasteiger partial charge on any atom is 0.232 e. The average Bonchev–Trinajstić information content (AvgIpc) is 2.84. The number of para-hydroxylation sites is 1. The van der Waals surface area contributed by atoms with Crippen molar-refractivity contribution < 1.29 is 19.1 Å². The molecule has 35 heavy (non-hydrogen) atoms. The second kappa shape index (κ2) is 9.06. The number of benzene rings is 3. The van der Waals surface area contributed by atoms with Gasteiger partial charge in [0.15, 0.2) is 5.78 Å². The van der Waals surface area contributed by atoms with Crippen molar-refractivity contribution in [3.8, 4) is 17.2 Å². The van der Waals surface area contributed by atoms with Crippen molar-refractivity contribution in [1.29, 1.82) is 0 Å². The number of Topliss-reactive ketones (excluding diaryl/α,β-unsaturated/α-hetero) is 1. The molecule has 5 heteroatoms. The molecule has 5 rings (SSSR count). The number of ketones is 1. The molecule has 1 amide bonds. The third-order valence-electron chi connectivity index (χ3n) is 6.73. The van der Waals surface area contributed by atoms with Crippen molar-refractivity contribution in [2.45, 2.75) is 39.0 Å². The van der Waals surface area contributed by atoms with E-state index in [1.165, 1.54) is 0 Å². The van der Waals surface area contributed by atoms with E-state index in [2.05, 4.69) is 13.8 Å². The number of hydrogen-bond acceptors (Lipinski definition) is 4. The smallest absolute Gasteiger partial charge is 0.232 e. The number of anilines is 1. The summed E-state index contributed by atoms with van der Waals surface area (Å²) in [7, 11) is 1.63. The SMILES string of the molecule is COc1ccc(C2CC(=O)N(c3ccc(Oc4ccccc4)cc3)C3=C2C(=O)CC(C)(C)C3)cc1. The molecule has 178 valence electrons. The Hall–Kier alpha value is -3.86. The predicted molar refractivity (Wildman–Crippen MR) is 136 cm³/mol. The summed E-state index contributed by atoms with van der Waals surface area (Å²) in [5.41, 5.74) is 3.08. The highest BCUT2D eigenvalue weighted by molar-refractivity contribution is 6.07. The monoisotopic (exact) mass is 467 g/mol. The van der Waals surface area contributed by atoms with Gasteiger partial charge in [-0.2, -0.15) is 0 Å². The Balaban J connectivity index is 1.52. The third kappa shape index (κ3) is 4.59. The number of carbonyl (C=O) groups excluding carboxylic acids is 2. The molecule has 2 aliphatic rings. The lowest BCUT2D eigenvalue weighted by atomic mass is 9.69. The fourth-order valence-electron chi connectivity index (χ4n) is 5.12. The van der Waals surface area contributed by atoms with Gasteiger partial charge >= 0.3 is 0 Å². The molecule has 1 aliphatic carbocycles. The molecule has 1 heterocycles. The number of allylic oxidation sites excluding steroid dienone is 2. The van der Waals surface area contributed by atoms with Crippen LogP contribution in [0, 0.1) is 5.41 Å². The van der Waals surface area contributed by atoms with Crippen LogP contribution in [-0.4, -0.2) is 18.8 Å². The van der Waals surface area contributed by atoms with Crippen LogP contribution in [0.4, 0.5) is 5.69 Å². The van der Waals surface area contributed by atoms with Crippen LogP contribution in [0.2, 0.25) is 0 Å². The van der Waals surface area contributed by atoms with Crippen LogP contribution in [0.5, 0.6) is 17.2 Å². The highest BCUT2D eigenvalue weighted by atomic mass is 16.5. The molecule has 3 aromatic rings. The van der Waals surface area contributed by atoms with Crippen molar-refractivity contribution in [2.24, 2.45) is 5.41 Å². The molecule has 3 aromatic carbocycles. The Kier molecular flexibility index (Phi) is 5.93. The van der Waals surface area contributed by atoms with E-state index in [1.807, 2.05) is 78.9 Å². The highest BCUT2D eigenvalue weighted by Crippen LogP contribution is 2.48. The molecular formula is C30H29NO4. The van der Waals surface area contributed by atoms with Crippen molar-refractivity contribution in [3.05, 3.63) is 95.7 Å². The molecule has 0 aromatic heterocycles. The molecule has 0 radical (unpaired) electrons. The largest absolute Gasteiger partial charge is 0.497 e. The molecule has 0 N–H and O–H groups in total. The van der Waals surface area contributed by atoms with Gasteiger partial charge in [0.25, 0.3) is 0 Å². The van der Waals surface area contributed by atoms with Crippen LogP contribution in [-0.2, 0) is 9.59 Å². The molecule has 5 nitrogen and oxygen atoms in total. The van der Waals surface area contributed by atoms with E-state index in [1.54, 1.807) is 12.0 Å². The van der Waals surface area contributed by atoms with Crippen LogP contribution in [0.15, 0.2) is 90.1 Å². The minimum atomic E-state index is -0.246. The first-order chi connectivity index (χ1) is 16.8. The first-order valence-corrected chi connectivity index (χ1v) is 11.9. The normalized spacial score (nSPS) is 19.4. The summed E-state index contributed by atoms with van der Waals surface area (Å²) in [5, 5.41) is 0. The summed E-state index contributed by atoms with van der Waals surface area (Å²) in [6, 6.07) is 24.8. The van der Waals surface area contributed by atoms with Crippen LogP contribution in [0.25, 0.3) is 0 Å². The van der Waals surface area contributed by atoms with Gasteiger partial charge in [-0.3, -0.25) is 14.5 Å². The summed E-state index contributed by atoms with van der Waals surface area (Å²) < 4.78 is 11.2. The summed E-state index contributed by atoms with van der Waals surface area (Å²) in [6.07, 6.45) is 1.39. The summed E-state index contributed by atoms with van der Waals surface area (Å²) >= 11 is 0. The minimum Gasteiger partial charge on any atom is -0.497 e. The van der Waals surface area contributed by atoms with Gasteiger partial charge in [0, 0.05) is 35.7 Å². The third-order valence-corrected chi connectivity index (χ3v) is 6.73. The van der Waals surface area contributed by atoms with E-state index in [9.17, 15) is 9.59 Å². The van der Waals surface area contributed by atoms with Crippen LogP contribution < -0.4 is 14.4 Å². The number of carbonyl (C=O) groups is 2. The molecule has 1 unspecified atom stereocenters. The number of hydrogen-bond donors (Lipinski definition) is 0. The van der Waals surface area contributed by atoms with Crippen molar-refractivity contribution in [3.63, 3.8) is 0 Å². The van der Waals surface area contributed by atoms with Gasteiger partial charge < -0.3 is 9.47 Å². The number of nitrogens with zero attached hydrogens (tertiary/aromatic N) is 1. The van der Waals surface area contributed by atoms with E-state index in [-0.39, 0.29) is 29.4 Å². The number of rotatable bonds is 5. The zero-order valence-electron chi connectivity index (χ0n) is 20.3. The maximum atomic E-state index is 13.6. The second-order valence-electron chi connectivity index (χ2n) is 9.97.